The van der Waals surface area contributed by atoms with Crippen LogP contribution in [0.15, 0.2) is 105 Å². The van der Waals surface area contributed by atoms with E-state index >= 15 is 0 Å². The normalized spacial score (nSPS) is 15.4. The summed E-state index contributed by atoms with van der Waals surface area (Å²) in [4.78, 5) is 61.3. The number of anilines is 5. The highest BCUT2D eigenvalue weighted by Crippen LogP contribution is 2.40. The number of nitrogen functional groups attached to an aromatic ring is 1. The molecule has 5 aromatic rings. The maximum absolute atomic E-state index is 12.2. The summed E-state index contributed by atoms with van der Waals surface area (Å²) >= 11 is 53.5. The summed E-state index contributed by atoms with van der Waals surface area (Å²) in [6, 6.07) is 21.7. The van der Waals surface area contributed by atoms with Crippen LogP contribution in [0.1, 0.15) is 32.6 Å². The first-order chi connectivity index (χ1) is 34.1. The third-order valence-corrected chi connectivity index (χ3v) is 11.8. The summed E-state index contributed by atoms with van der Waals surface area (Å²) in [5.41, 5.74) is 16.8. The molecule has 0 unspecified atom stereocenters. The predicted octanol–water partition coefficient (Wildman–Crippen LogP) is 11.9. The van der Waals surface area contributed by atoms with E-state index in [0.29, 0.717) is 77.6 Å². The van der Waals surface area contributed by atoms with Gasteiger partial charge in [-0.25, -0.2) is 10.0 Å². The fourth-order valence-corrected chi connectivity index (χ4v) is 9.34. The number of aliphatic imine (C=N–C) groups is 1. The Morgan fingerprint density at radius 1 is 0.653 bits per heavy atom. The fourth-order valence-electron chi connectivity index (χ4n) is 6.40. The van der Waals surface area contributed by atoms with Crippen LogP contribution in [-0.2, 0) is 23.9 Å². The topological polar surface area (TPSA) is 247 Å². The average Bonchev–Trinajstić information content (AvgIpc) is 4.06. The molecule has 0 atom stereocenters. The van der Waals surface area contributed by atoms with Crippen molar-refractivity contribution in [3.8, 4) is 0 Å². The monoisotopic (exact) mass is 1160 g/mol. The number of halogens is 9. The number of ether oxygens (including phenoxy) is 1. The molecule has 374 valence electrons. The number of hydrazine groups is 1. The van der Waals surface area contributed by atoms with Crippen molar-refractivity contribution < 1.29 is 28.8 Å². The Kier molecular flexibility index (Phi) is 18.8. The van der Waals surface area contributed by atoms with Gasteiger partial charge in [0.1, 0.15) is 35.2 Å². The van der Waals surface area contributed by atoms with E-state index in [2.05, 4.69) is 25.7 Å². The Morgan fingerprint density at radius 3 is 1.65 bits per heavy atom. The zero-order chi connectivity index (χ0) is 52.6. The molecule has 9 rings (SSSR count). The van der Waals surface area contributed by atoms with Gasteiger partial charge in [0.25, 0.3) is 29.3 Å². The number of nitrogens with one attached hydrogen (secondary N) is 1. The molecule has 0 bridgehead atoms. The van der Waals surface area contributed by atoms with Crippen molar-refractivity contribution in [3.63, 3.8) is 0 Å². The van der Waals surface area contributed by atoms with Crippen molar-refractivity contribution in [1.82, 2.24) is 5.43 Å². The minimum atomic E-state index is -0.496. The molecule has 5 aromatic carbocycles. The van der Waals surface area contributed by atoms with Gasteiger partial charge in [0, 0.05) is 39.1 Å². The highest BCUT2D eigenvalue weighted by atomic mass is 35.5. The lowest BCUT2D eigenvalue weighted by Gasteiger charge is -2.19. The van der Waals surface area contributed by atoms with Crippen LogP contribution < -0.4 is 36.9 Å². The number of rotatable bonds is 7. The molecule has 0 aliphatic carbocycles. The van der Waals surface area contributed by atoms with Crippen molar-refractivity contribution in [1.29, 1.82) is 0 Å². The second-order valence-corrected chi connectivity index (χ2v) is 18.3. The average molecular weight is 1160 g/mol. The fraction of sp³-hybridized carbons (Fsp3) is 0.136. The number of hydrogen-bond acceptors (Lipinski definition) is 13. The van der Waals surface area contributed by atoms with Crippen molar-refractivity contribution in [2.24, 2.45) is 26.0 Å². The van der Waals surface area contributed by atoms with Gasteiger partial charge in [-0.3, -0.25) is 34.7 Å². The zero-order valence-corrected chi connectivity index (χ0v) is 43.4. The first-order valence-electron chi connectivity index (χ1n) is 20.4. The molecule has 4 amide bonds. The van der Waals surface area contributed by atoms with E-state index in [1.54, 1.807) is 24.3 Å². The number of hydrogen-bond donors (Lipinski definition) is 3. The first-order valence-corrected chi connectivity index (χ1v) is 23.8. The van der Waals surface area contributed by atoms with Gasteiger partial charge >= 0.3 is 0 Å². The Hall–Kier alpha value is -6.13. The van der Waals surface area contributed by atoms with Crippen LogP contribution in [0.2, 0.25) is 45.2 Å². The number of non-ortho nitro benzene ring substituents is 1. The maximum Gasteiger partial charge on any atom is 0.269 e. The van der Waals surface area contributed by atoms with E-state index in [0.717, 1.165) is 5.01 Å². The third-order valence-electron chi connectivity index (χ3n) is 9.40. The molecule has 1 saturated heterocycles. The number of amidine groups is 2. The number of benzene rings is 5. The van der Waals surface area contributed by atoms with Crippen LogP contribution in [0.4, 0.5) is 39.8 Å². The molecule has 4 heterocycles. The van der Waals surface area contributed by atoms with Crippen LogP contribution in [-0.4, -0.2) is 58.9 Å². The predicted molar refractivity (Wildman–Crippen MR) is 286 cm³/mol. The highest BCUT2D eigenvalue weighted by molar-refractivity contribution is 6.44. The summed E-state index contributed by atoms with van der Waals surface area (Å²) in [5, 5.41) is 29.9. The summed E-state index contributed by atoms with van der Waals surface area (Å²) in [7, 11) is 0. The molecule has 19 nitrogen and oxygen atoms in total. The molecule has 1 fully saturated rings. The lowest BCUT2D eigenvalue weighted by molar-refractivity contribution is -0.384. The minimum absolute atomic E-state index is 0.0283. The Bertz CT molecular complexity index is 3040. The van der Waals surface area contributed by atoms with Crippen LogP contribution in [0.3, 0.4) is 0 Å². The number of nitrogens with two attached hydrogens (primary N) is 2. The summed E-state index contributed by atoms with van der Waals surface area (Å²) in [6.45, 7) is 2.25. The number of nitro groups is 1. The first kappa shape index (κ1) is 55.2. The van der Waals surface area contributed by atoms with Gasteiger partial charge in [0.2, 0.25) is 5.90 Å². The molecule has 0 aromatic heterocycles. The molecular weight excluding hydrogens is 1130 g/mol. The van der Waals surface area contributed by atoms with Gasteiger partial charge in [-0.2, -0.15) is 25.2 Å². The number of nitrogens with zero attached hydrogens (tertiary/aromatic N) is 9. The zero-order valence-electron chi connectivity index (χ0n) is 36.6. The van der Waals surface area contributed by atoms with Gasteiger partial charge in [-0.1, -0.05) is 110 Å². The van der Waals surface area contributed by atoms with E-state index in [9.17, 15) is 29.3 Å². The molecule has 72 heavy (non-hydrogen) atoms. The van der Waals surface area contributed by atoms with E-state index < -0.39 is 4.92 Å². The number of carbonyl (C=O) groups excluding carboxylic acids is 4. The number of amides is 4. The summed E-state index contributed by atoms with van der Waals surface area (Å²) in [6.07, 6.45) is 2.04. The third kappa shape index (κ3) is 13.9. The largest absolute Gasteiger partial charge is 0.480 e. The minimum Gasteiger partial charge on any atom is -0.480 e. The van der Waals surface area contributed by atoms with E-state index in [1.165, 1.54) is 81.9 Å². The van der Waals surface area contributed by atoms with E-state index in [1.807, 2.05) is 6.92 Å². The van der Waals surface area contributed by atoms with E-state index in [-0.39, 0.29) is 80.9 Å². The van der Waals surface area contributed by atoms with Crippen LogP contribution >= 0.6 is 104 Å². The van der Waals surface area contributed by atoms with Crippen molar-refractivity contribution >= 4 is 192 Å². The molecule has 0 radical (unpaired) electrons. The second-order valence-electron chi connectivity index (χ2n) is 14.6. The smallest absolute Gasteiger partial charge is 0.269 e. The SMILES string of the molecule is CCOC1=NN(c2ccc([N+](=O)[O-])cc2)C(=O)C1.NC1=NN(c2c(Cl)cc(Cl)cc2Cl)C(=O)C1.Nc1cccc(N=C2CC(=O)N(c3c(Cl)cc(Cl)cc3Cl)N2)c1.O=C1CC=NN1c1c(Cl)cc(Cl)cc1Cl. The summed E-state index contributed by atoms with van der Waals surface area (Å²) in [5.74, 6) is 0.187. The lowest BCUT2D eigenvalue weighted by atomic mass is 10.2. The van der Waals surface area contributed by atoms with Crippen molar-refractivity contribution in [2.45, 2.75) is 32.6 Å². The van der Waals surface area contributed by atoms with Crippen molar-refractivity contribution in [3.05, 3.63) is 140 Å². The molecule has 4 aliphatic heterocycles. The summed E-state index contributed by atoms with van der Waals surface area (Å²) < 4.78 is 5.17. The molecule has 0 saturated carbocycles. The Balaban J connectivity index is 0.000000159. The number of hydrazone groups is 3. The molecule has 0 spiro atoms. The molecule has 5 N–H and O–H groups in total. The maximum atomic E-state index is 12.2. The molecular formula is C44H33Cl9N12O7. The molecule has 28 heteroatoms. The standard InChI is InChI=1S/C15H11Cl3N4O.C11H11N3O4.C9H6Cl3N3O.C9H5Cl3N2O/c16-8-4-11(17)15(12(18)5-8)22-14(23)7-13(21-22)20-10-3-1-2-9(19)6-10;1-2-18-10-7-11(15)13(12-10)8-3-5-9(6-4-8)14(16)17;10-4-1-5(11)9(6(12)2-4)15-8(16)3-7(13)14-15;10-5-3-6(11)9(7(12)4-5)14-8(15)1-2-13-14/h1-6H,7,19H2,(H,20,21);3-6H,2,7H2,1H3;1-2H,3H2,(H2,13,14);2-4H,1H2. The van der Waals surface area contributed by atoms with Crippen LogP contribution in [0.25, 0.3) is 0 Å². The highest BCUT2D eigenvalue weighted by Gasteiger charge is 2.31. The lowest BCUT2D eigenvalue weighted by Crippen LogP contribution is -2.36. The van der Waals surface area contributed by atoms with Crippen LogP contribution in [0.5, 0.6) is 0 Å². The Morgan fingerprint density at radius 2 is 1.18 bits per heavy atom. The molecule has 4 aliphatic rings. The number of nitro benzene ring substituents is 1. The second kappa shape index (κ2) is 24.5. The van der Waals surface area contributed by atoms with E-state index in [4.69, 9.17) is 121 Å². The van der Waals surface area contributed by atoms with Gasteiger partial charge in [-0.05, 0) is 73.7 Å². The number of carbonyl (C=O) groups is 4. The van der Waals surface area contributed by atoms with Gasteiger partial charge in [-0.15, -0.1) is 5.10 Å². The van der Waals surface area contributed by atoms with Crippen molar-refractivity contribution in [2.75, 3.05) is 32.4 Å². The quantitative estimate of drug-likeness (QED) is 0.0790. The van der Waals surface area contributed by atoms with Gasteiger partial charge in [0.15, 0.2) is 0 Å². The van der Waals surface area contributed by atoms with Crippen LogP contribution in [0, 0.1) is 10.1 Å². The van der Waals surface area contributed by atoms with Gasteiger partial charge < -0.3 is 16.2 Å². The van der Waals surface area contributed by atoms with Gasteiger partial charge in [0.05, 0.1) is 72.3 Å². The Labute approximate surface area is 454 Å².